The monoisotopic (exact) mass is 647 g/mol. The fourth-order valence-corrected chi connectivity index (χ4v) is 4.56. The predicted octanol–water partition coefficient (Wildman–Crippen LogP) is 6.72. The molecule has 0 radical (unpaired) electrons. The van der Waals surface area contributed by atoms with E-state index in [0.29, 0.717) is 45.7 Å². The van der Waals surface area contributed by atoms with Crippen LogP contribution in [0.3, 0.4) is 0 Å². The van der Waals surface area contributed by atoms with Gasteiger partial charge < -0.3 is 9.47 Å². The van der Waals surface area contributed by atoms with Gasteiger partial charge in [0, 0.05) is 15.4 Å². The Kier molecular flexibility index (Phi) is 7.85. The number of benzene rings is 3. The lowest BCUT2D eigenvalue weighted by molar-refractivity contribution is 0.282. The van der Waals surface area contributed by atoms with E-state index in [4.69, 9.17) is 9.47 Å². The first-order chi connectivity index (χ1) is 16.4. The standard InChI is InChI=1S/C25H20Br3N3O3/c1-3-23-30-21-9-8-18(27)12-19(21)25(32)31(23)29-13-16-10-20(28)24(22(11-16)33-2)34-14-15-4-6-17(26)7-5-15/h4-13H,3,14H2,1-2H3. The quantitative estimate of drug-likeness (QED) is 0.209. The largest absolute Gasteiger partial charge is 0.493 e. The molecule has 6 nitrogen and oxygen atoms in total. The van der Waals surface area contributed by atoms with Crippen LogP contribution in [0.2, 0.25) is 0 Å². The molecule has 3 aromatic carbocycles. The van der Waals surface area contributed by atoms with Crippen molar-refractivity contribution < 1.29 is 9.47 Å². The van der Waals surface area contributed by atoms with Gasteiger partial charge in [0.15, 0.2) is 11.5 Å². The van der Waals surface area contributed by atoms with Crippen molar-refractivity contribution in [2.75, 3.05) is 7.11 Å². The van der Waals surface area contributed by atoms with Crippen LogP contribution in [0.4, 0.5) is 0 Å². The molecule has 0 spiro atoms. The molecule has 9 heteroatoms. The van der Waals surface area contributed by atoms with Crippen LogP contribution >= 0.6 is 47.8 Å². The zero-order valence-corrected chi connectivity index (χ0v) is 23.1. The number of nitrogens with zero attached hydrogens (tertiary/aromatic N) is 3. The van der Waals surface area contributed by atoms with Crippen LogP contribution in [0.5, 0.6) is 11.5 Å². The lowest BCUT2D eigenvalue weighted by Gasteiger charge is -2.14. The van der Waals surface area contributed by atoms with E-state index in [0.717, 1.165) is 20.1 Å². The molecule has 0 saturated carbocycles. The Balaban J connectivity index is 1.65. The Hall–Kier alpha value is -2.49. The number of ether oxygens (including phenoxy) is 2. The van der Waals surface area contributed by atoms with Gasteiger partial charge in [-0.2, -0.15) is 9.78 Å². The van der Waals surface area contributed by atoms with Crippen molar-refractivity contribution in [1.82, 2.24) is 9.66 Å². The van der Waals surface area contributed by atoms with Crippen molar-refractivity contribution in [3.8, 4) is 11.5 Å². The maximum atomic E-state index is 13.1. The van der Waals surface area contributed by atoms with Gasteiger partial charge >= 0.3 is 0 Å². The Morgan fingerprint density at radius 1 is 1.03 bits per heavy atom. The normalized spacial score (nSPS) is 11.3. The minimum Gasteiger partial charge on any atom is -0.493 e. The molecule has 174 valence electrons. The third-order valence-electron chi connectivity index (χ3n) is 5.06. The van der Waals surface area contributed by atoms with E-state index >= 15 is 0 Å². The molecule has 0 unspecified atom stereocenters. The number of hydrogen-bond acceptors (Lipinski definition) is 5. The molecule has 4 rings (SSSR count). The summed E-state index contributed by atoms with van der Waals surface area (Å²) in [6.07, 6.45) is 2.17. The topological polar surface area (TPSA) is 65.7 Å². The highest BCUT2D eigenvalue weighted by Crippen LogP contribution is 2.37. The molecule has 0 saturated heterocycles. The molecule has 0 N–H and O–H groups in total. The number of halogens is 3. The van der Waals surface area contributed by atoms with Crippen LogP contribution in [0.1, 0.15) is 23.9 Å². The molecule has 0 aliphatic carbocycles. The molecule has 0 bridgehead atoms. The molecular weight excluding hydrogens is 630 g/mol. The van der Waals surface area contributed by atoms with Gasteiger partial charge in [-0.25, -0.2) is 4.98 Å². The van der Waals surface area contributed by atoms with E-state index in [2.05, 4.69) is 57.9 Å². The first kappa shape index (κ1) is 24.6. The van der Waals surface area contributed by atoms with Crippen molar-refractivity contribution in [2.45, 2.75) is 20.0 Å². The Labute approximate surface area is 222 Å². The van der Waals surface area contributed by atoms with Crippen molar-refractivity contribution in [3.05, 3.63) is 95.3 Å². The highest BCUT2D eigenvalue weighted by Gasteiger charge is 2.13. The molecule has 0 aliphatic rings. The number of aryl methyl sites for hydroxylation is 1. The summed E-state index contributed by atoms with van der Waals surface area (Å²) in [7, 11) is 1.58. The van der Waals surface area contributed by atoms with Crippen LogP contribution in [-0.2, 0) is 13.0 Å². The molecular formula is C25H20Br3N3O3. The zero-order chi connectivity index (χ0) is 24.2. The fourth-order valence-electron chi connectivity index (χ4n) is 3.36. The van der Waals surface area contributed by atoms with E-state index < -0.39 is 0 Å². The minimum atomic E-state index is -0.222. The lowest BCUT2D eigenvalue weighted by atomic mass is 10.2. The van der Waals surface area contributed by atoms with Crippen molar-refractivity contribution in [3.63, 3.8) is 0 Å². The second-order valence-electron chi connectivity index (χ2n) is 7.35. The highest BCUT2D eigenvalue weighted by molar-refractivity contribution is 9.11. The summed E-state index contributed by atoms with van der Waals surface area (Å²) >= 11 is 10.4. The number of methoxy groups -OCH3 is 1. The van der Waals surface area contributed by atoms with Crippen LogP contribution in [-0.4, -0.2) is 23.0 Å². The average Bonchev–Trinajstić information content (AvgIpc) is 2.83. The summed E-state index contributed by atoms with van der Waals surface area (Å²) in [5.41, 5.74) is 2.20. The van der Waals surface area contributed by atoms with Crippen LogP contribution in [0.25, 0.3) is 10.9 Å². The van der Waals surface area contributed by atoms with Gasteiger partial charge in [0.2, 0.25) is 0 Å². The van der Waals surface area contributed by atoms with Gasteiger partial charge in [0.1, 0.15) is 12.4 Å². The Bertz CT molecular complexity index is 1430. The second-order valence-corrected chi connectivity index (χ2v) is 10.0. The lowest BCUT2D eigenvalue weighted by Crippen LogP contribution is -2.22. The van der Waals surface area contributed by atoms with E-state index in [1.165, 1.54) is 4.68 Å². The SMILES string of the molecule is CCc1nc2ccc(Br)cc2c(=O)n1N=Cc1cc(Br)c(OCc2ccc(Br)cc2)c(OC)c1. The number of fused-ring (bicyclic) bond motifs is 1. The molecule has 1 aromatic heterocycles. The van der Waals surface area contributed by atoms with Crippen molar-refractivity contribution >= 4 is 64.9 Å². The van der Waals surface area contributed by atoms with E-state index in [1.807, 2.05) is 55.5 Å². The summed E-state index contributed by atoms with van der Waals surface area (Å²) in [5, 5.41) is 4.95. The van der Waals surface area contributed by atoms with Crippen LogP contribution < -0.4 is 15.0 Å². The summed E-state index contributed by atoms with van der Waals surface area (Å²) in [4.78, 5) is 17.7. The van der Waals surface area contributed by atoms with E-state index in [9.17, 15) is 4.79 Å². The number of aromatic nitrogens is 2. The first-order valence-electron chi connectivity index (χ1n) is 10.4. The van der Waals surface area contributed by atoms with Gasteiger partial charge in [-0.05, 0) is 69.5 Å². The maximum Gasteiger partial charge on any atom is 0.282 e. The summed E-state index contributed by atoms with van der Waals surface area (Å²) in [5.74, 6) is 1.72. The van der Waals surface area contributed by atoms with Crippen LogP contribution in [0, 0.1) is 0 Å². The van der Waals surface area contributed by atoms with Crippen LogP contribution in [0.15, 0.2) is 77.9 Å². The third-order valence-corrected chi connectivity index (χ3v) is 6.67. The van der Waals surface area contributed by atoms with E-state index in [-0.39, 0.29) is 5.56 Å². The second kappa shape index (κ2) is 10.8. The van der Waals surface area contributed by atoms with Gasteiger partial charge in [-0.15, -0.1) is 0 Å². The molecule has 34 heavy (non-hydrogen) atoms. The van der Waals surface area contributed by atoms with Gasteiger partial charge in [-0.3, -0.25) is 4.79 Å². The highest BCUT2D eigenvalue weighted by atomic mass is 79.9. The molecule has 0 aliphatic heterocycles. The Morgan fingerprint density at radius 2 is 1.76 bits per heavy atom. The van der Waals surface area contributed by atoms with Crippen molar-refractivity contribution in [1.29, 1.82) is 0 Å². The van der Waals surface area contributed by atoms with E-state index in [1.54, 1.807) is 19.4 Å². The summed E-state index contributed by atoms with van der Waals surface area (Å²) in [6.45, 7) is 2.33. The Morgan fingerprint density at radius 3 is 2.47 bits per heavy atom. The first-order valence-corrected chi connectivity index (χ1v) is 12.8. The fraction of sp³-hybridized carbons (Fsp3) is 0.160. The third kappa shape index (κ3) is 5.42. The van der Waals surface area contributed by atoms with Crippen molar-refractivity contribution in [2.24, 2.45) is 5.10 Å². The molecule has 0 atom stereocenters. The molecule has 0 amide bonds. The minimum absolute atomic E-state index is 0.222. The summed E-state index contributed by atoms with van der Waals surface area (Å²) < 4.78 is 15.5. The van der Waals surface area contributed by atoms with Gasteiger partial charge in [-0.1, -0.05) is 50.9 Å². The molecule has 4 aromatic rings. The molecule has 0 fully saturated rings. The van der Waals surface area contributed by atoms with Gasteiger partial charge in [0.05, 0.1) is 28.7 Å². The van der Waals surface area contributed by atoms with Gasteiger partial charge in [0.25, 0.3) is 5.56 Å². The maximum absolute atomic E-state index is 13.1. The zero-order valence-electron chi connectivity index (χ0n) is 18.4. The number of rotatable bonds is 7. The molecule has 1 heterocycles. The predicted molar refractivity (Wildman–Crippen MR) is 145 cm³/mol. The average molecular weight is 650 g/mol. The summed E-state index contributed by atoms with van der Waals surface area (Å²) in [6, 6.07) is 17.0. The smallest absolute Gasteiger partial charge is 0.282 e. The number of hydrogen-bond donors (Lipinski definition) is 0.